The number of aliphatic hydroxyl groups excluding tert-OH is 1. The van der Waals surface area contributed by atoms with E-state index < -0.39 is 11.8 Å². The Morgan fingerprint density at radius 3 is 2.86 bits per heavy atom. The van der Waals surface area contributed by atoms with Crippen LogP contribution in [0.2, 0.25) is 0 Å². The van der Waals surface area contributed by atoms with Crippen LogP contribution in [-0.2, 0) is 9.59 Å². The number of rotatable bonds is 4. The van der Waals surface area contributed by atoms with Crippen molar-refractivity contribution in [3.05, 3.63) is 47.9 Å². The Hall–Kier alpha value is -2.73. The number of aryl methyl sites for hydroxylation is 1. The van der Waals surface area contributed by atoms with Crippen LogP contribution < -0.4 is 5.32 Å². The van der Waals surface area contributed by atoms with Crippen molar-refractivity contribution in [2.45, 2.75) is 6.92 Å². The molecule has 112 valence electrons. The lowest BCUT2D eigenvalue weighted by molar-refractivity contribution is -0.137. The van der Waals surface area contributed by atoms with Crippen molar-refractivity contribution in [1.82, 2.24) is 9.88 Å². The van der Waals surface area contributed by atoms with Gasteiger partial charge in [-0.1, -0.05) is 12.1 Å². The Kier molecular flexibility index (Phi) is 3.60. The summed E-state index contributed by atoms with van der Waals surface area (Å²) in [5.41, 5.74) is 1.93. The van der Waals surface area contributed by atoms with Gasteiger partial charge in [-0.25, -0.2) is 0 Å². The van der Waals surface area contributed by atoms with Gasteiger partial charge in [-0.05, 0) is 18.6 Å². The first-order chi connectivity index (χ1) is 10.6. The van der Waals surface area contributed by atoms with Crippen LogP contribution >= 0.6 is 0 Å². The van der Waals surface area contributed by atoms with Crippen LogP contribution in [0.1, 0.15) is 5.56 Å². The molecule has 2 heterocycles. The topological polar surface area (TPSA) is 82.5 Å². The molecule has 3 rings (SSSR count). The number of β-amino-alcohol motifs (C(OH)–C–C–N with tert-alkyl or cyclic N) is 1. The average Bonchev–Trinajstić information content (AvgIpc) is 2.76. The van der Waals surface area contributed by atoms with Crippen LogP contribution in [0, 0.1) is 6.92 Å². The Labute approximate surface area is 127 Å². The fourth-order valence-corrected chi connectivity index (χ4v) is 2.57. The SMILES string of the molecule is Cc1cncc2cccc(NC3=CC(=O)N(CCO)C3=O)c12. The number of fused-ring (bicyclic) bond motifs is 1. The van der Waals surface area contributed by atoms with Crippen LogP contribution in [0.4, 0.5) is 5.69 Å². The molecule has 6 nitrogen and oxygen atoms in total. The molecule has 0 saturated carbocycles. The molecule has 1 aliphatic rings. The standard InChI is InChI=1S/C16H15N3O3/c1-10-8-17-9-11-3-2-4-12(15(10)11)18-13-7-14(21)19(5-6-20)16(13)22/h2-4,7-9,18,20H,5-6H2,1H3. The molecule has 6 heteroatoms. The van der Waals surface area contributed by atoms with Crippen LogP contribution in [0.15, 0.2) is 42.4 Å². The van der Waals surface area contributed by atoms with Gasteiger partial charge in [-0.2, -0.15) is 0 Å². The van der Waals surface area contributed by atoms with Crippen molar-refractivity contribution >= 4 is 28.3 Å². The van der Waals surface area contributed by atoms with E-state index in [-0.39, 0.29) is 18.8 Å². The summed E-state index contributed by atoms with van der Waals surface area (Å²) in [6.07, 6.45) is 4.76. The second-order valence-corrected chi connectivity index (χ2v) is 5.06. The van der Waals surface area contributed by atoms with Crippen molar-refractivity contribution in [2.75, 3.05) is 18.5 Å². The number of amides is 2. The molecule has 0 unspecified atom stereocenters. The second-order valence-electron chi connectivity index (χ2n) is 5.06. The zero-order valence-electron chi connectivity index (χ0n) is 12.0. The Bertz CT molecular complexity index is 793. The van der Waals surface area contributed by atoms with E-state index in [0.717, 1.165) is 26.9 Å². The van der Waals surface area contributed by atoms with Gasteiger partial charge >= 0.3 is 0 Å². The summed E-state index contributed by atoms with van der Waals surface area (Å²) in [5.74, 6) is -0.845. The number of benzene rings is 1. The molecule has 2 amide bonds. The largest absolute Gasteiger partial charge is 0.395 e. The minimum absolute atomic E-state index is 0.00215. The Morgan fingerprint density at radius 1 is 1.27 bits per heavy atom. The molecule has 0 aliphatic carbocycles. The number of nitrogens with one attached hydrogen (secondary N) is 1. The molecule has 22 heavy (non-hydrogen) atoms. The summed E-state index contributed by atoms with van der Waals surface area (Å²) in [4.78, 5) is 29.1. The van der Waals surface area contributed by atoms with Gasteiger partial charge in [0.25, 0.3) is 11.8 Å². The number of aliphatic hydroxyl groups is 1. The normalized spacial score (nSPS) is 14.6. The third-order valence-electron chi connectivity index (χ3n) is 3.58. The Morgan fingerprint density at radius 2 is 2.09 bits per heavy atom. The predicted molar refractivity (Wildman–Crippen MR) is 82.0 cm³/mol. The zero-order valence-corrected chi connectivity index (χ0v) is 12.0. The number of pyridine rings is 1. The third-order valence-corrected chi connectivity index (χ3v) is 3.58. The molecular formula is C16H15N3O3. The van der Waals surface area contributed by atoms with Gasteiger partial charge < -0.3 is 10.4 Å². The number of hydrogen-bond donors (Lipinski definition) is 2. The molecule has 0 radical (unpaired) electrons. The second kappa shape index (κ2) is 5.57. The molecule has 0 saturated heterocycles. The van der Waals surface area contributed by atoms with Gasteiger partial charge in [0.2, 0.25) is 0 Å². The summed E-state index contributed by atoms with van der Waals surface area (Å²) >= 11 is 0. The van der Waals surface area contributed by atoms with E-state index >= 15 is 0 Å². The van der Waals surface area contributed by atoms with E-state index in [4.69, 9.17) is 5.11 Å². The van der Waals surface area contributed by atoms with Crippen molar-refractivity contribution in [1.29, 1.82) is 0 Å². The summed E-state index contributed by atoms with van der Waals surface area (Å²) in [5, 5.41) is 13.9. The lowest BCUT2D eigenvalue weighted by Gasteiger charge is -2.14. The molecule has 1 aromatic carbocycles. The van der Waals surface area contributed by atoms with Crippen molar-refractivity contribution in [3.63, 3.8) is 0 Å². The maximum Gasteiger partial charge on any atom is 0.277 e. The van der Waals surface area contributed by atoms with Gasteiger partial charge in [-0.15, -0.1) is 0 Å². The Balaban J connectivity index is 1.96. The van der Waals surface area contributed by atoms with Gasteiger partial charge in [0.15, 0.2) is 0 Å². The van der Waals surface area contributed by atoms with Crippen LogP contribution in [0.5, 0.6) is 0 Å². The van der Waals surface area contributed by atoms with E-state index in [0.29, 0.717) is 0 Å². The number of aromatic nitrogens is 1. The first-order valence-corrected chi connectivity index (χ1v) is 6.90. The van der Waals surface area contributed by atoms with E-state index in [1.54, 1.807) is 12.4 Å². The van der Waals surface area contributed by atoms with Crippen molar-refractivity contribution in [2.24, 2.45) is 0 Å². The maximum atomic E-state index is 12.2. The monoisotopic (exact) mass is 297 g/mol. The number of anilines is 1. The number of carbonyl (C=O) groups is 2. The highest BCUT2D eigenvalue weighted by atomic mass is 16.3. The molecule has 1 aromatic heterocycles. The average molecular weight is 297 g/mol. The highest BCUT2D eigenvalue weighted by Gasteiger charge is 2.30. The minimum Gasteiger partial charge on any atom is -0.395 e. The van der Waals surface area contributed by atoms with Gasteiger partial charge in [0.05, 0.1) is 13.2 Å². The van der Waals surface area contributed by atoms with Gasteiger partial charge in [0.1, 0.15) is 5.70 Å². The molecule has 0 atom stereocenters. The van der Waals surface area contributed by atoms with Gasteiger partial charge in [0, 0.05) is 34.9 Å². The van der Waals surface area contributed by atoms with Crippen LogP contribution in [0.3, 0.4) is 0 Å². The molecular weight excluding hydrogens is 282 g/mol. The van der Waals surface area contributed by atoms with Crippen LogP contribution in [-0.4, -0.2) is 40.0 Å². The molecule has 0 bridgehead atoms. The smallest absolute Gasteiger partial charge is 0.277 e. The van der Waals surface area contributed by atoms with E-state index in [1.807, 2.05) is 25.1 Å². The highest BCUT2D eigenvalue weighted by molar-refractivity contribution is 6.18. The summed E-state index contributed by atoms with van der Waals surface area (Å²) in [6, 6.07) is 5.65. The van der Waals surface area contributed by atoms with E-state index in [1.165, 1.54) is 6.08 Å². The predicted octanol–water partition coefficient (Wildman–Crippen LogP) is 1.20. The third kappa shape index (κ3) is 2.33. The minimum atomic E-state index is -0.428. The fourth-order valence-electron chi connectivity index (χ4n) is 2.57. The number of carbonyl (C=O) groups excluding carboxylic acids is 2. The number of hydrogen-bond acceptors (Lipinski definition) is 5. The highest BCUT2D eigenvalue weighted by Crippen LogP contribution is 2.28. The summed E-state index contributed by atoms with van der Waals surface area (Å²) in [6.45, 7) is 1.68. The van der Waals surface area contributed by atoms with E-state index in [9.17, 15) is 9.59 Å². The number of imide groups is 1. The maximum absolute atomic E-state index is 12.2. The van der Waals surface area contributed by atoms with Crippen molar-refractivity contribution < 1.29 is 14.7 Å². The lowest BCUT2D eigenvalue weighted by Crippen LogP contribution is -2.34. The molecule has 2 aromatic rings. The molecule has 0 fully saturated rings. The van der Waals surface area contributed by atoms with Gasteiger partial charge in [-0.3, -0.25) is 19.5 Å². The quantitative estimate of drug-likeness (QED) is 0.829. The molecule has 0 spiro atoms. The lowest BCUT2D eigenvalue weighted by atomic mass is 10.1. The zero-order chi connectivity index (χ0) is 15.7. The first kappa shape index (κ1) is 14.2. The molecule has 2 N–H and O–H groups in total. The number of nitrogens with zero attached hydrogens (tertiary/aromatic N) is 2. The van der Waals surface area contributed by atoms with Crippen LogP contribution in [0.25, 0.3) is 10.8 Å². The summed E-state index contributed by atoms with van der Waals surface area (Å²) < 4.78 is 0. The summed E-state index contributed by atoms with van der Waals surface area (Å²) in [7, 11) is 0. The first-order valence-electron chi connectivity index (χ1n) is 6.90. The van der Waals surface area contributed by atoms with Crippen molar-refractivity contribution in [3.8, 4) is 0 Å². The van der Waals surface area contributed by atoms with E-state index in [2.05, 4.69) is 10.3 Å². The molecule has 1 aliphatic heterocycles. The fraction of sp³-hybridized carbons (Fsp3) is 0.188.